The molecule has 1 amide bonds. The summed E-state index contributed by atoms with van der Waals surface area (Å²) in [6, 6.07) is 17.4. The monoisotopic (exact) mass is 494 g/mol. The Kier molecular flexibility index (Phi) is 5.76. The maximum absolute atomic E-state index is 13.3. The van der Waals surface area contributed by atoms with Crippen LogP contribution >= 0.6 is 0 Å². The van der Waals surface area contributed by atoms with E-state index in [4.69, 9.17) is 0 Å². The van der Waals surface area contributed by atoms with Crippen LogP contribution in [0.2, 0.25) is 0 Å². The number of aliphatic hydroxyl groups is 1. The Morgan fingerprint density at radius 1 is 1.19 bits per heavy atom. The third kappa shape index (κ3) is 4.49. The van der Waals surface area contributed by atoms with Crippen LogP contribution in [0.3, 0.4) is 0 Å². The average molecular weight is 495 g/mol. The summed E-state index contributed by atoms with van der Waals surface area (Å²) in [5.74, 6) is 0.743. The van der Waals surface area contributed by atoms with E-state index in [0.717, 1.165) is 57.6 Å². The van der Waals surface area contributed by atoms with E-state index < -0.39 is 5.60 Å². The summed E-state index contributed by atoms with van der Waals surface area (Å²) in [6.07, 6.45) is 4.65. The zero-order chi connectivity index (χ0) is 25.6. The van der Waals surface area contributed by atoms with Gasteiger partial charge in [0, 0.05) is 34.4 Å². The molecule has 0 aliphatic heterocycles. The molecule has 1 fully saturated rings. The number of aromatic nitrogens is 5. The highest BCUT2D eigenvalue weighted by Crippen LogP contribution is 2.32. The first-order chi connectivity index (χ1) is 17.9. The van der Waals surface area contributed by atoms with Crippen molar-refractivity contribution >= 4 is 27.8 Å². The fraction of sp³-hybridized carbons (Fsp3) is 0.310. The number of aromatic amines is 1. The number of nitrogens with one attached hydrogen (secondary N) is 2. The van der Waals surface area contributed by atoms with Gasteiger partial charge in [-0.3, -0.25) is 14.9 Å². The molecule has 2 atom stereocenters. The molecule has 5 aromatic rings. The molecule has 0 radical (unpaired) electrons. The molecule has 3 heterocycles. The number of fused-ring (bicyclic) bond motifs is 2. The number of carbonyl (C=O) groups is 1. The second kappa shape index (κ2) is 9.12. The number of carbonyl (C=O) groups excluding carboxylic acids is 1. The van der Waals surface area contributed by atoms with Gasteiger partial charge in [-0.05, 0) is 82.0 Å². The van der Waals surface area contributed by atoms with Gasteiger partial charge in [0.25, 0.3) is 5.91 Å². The second-order valence-corrected chi connectivity index (χ2v) is 10.2. The second-order valence-electron chi connectivity index (χ2n) is 10.2. The van der Waals surface area contributed by atoms with E-state index in [9.17, 15) is 9.90 Å². The lowest BCUT2D eigenvalue weighted by atomic mass is 9.81. The molecule has 37 heavy (non-hydrogen) atoms. The van der Waals surface area contributed by atoms with Gasteiger partial charge < -0.3 is 15.0 Å². The minimum absolute atomic E-state index is 0.108. The SMILES string of the molecule is Cc1cc(-c2n[nH]c3ccc(C(=O)N[C@H]4CCC[C@@](O)(Cn5c(C)nc6ccccc65)C4)cc23)ccn1. The molecule has 0 unspecified atom stereocenters. The van der Waals surface area contributed by atoms with Crippen LogP contribution in [0.1, 0.15) is 47.6 Å². The van der Waals surface area contributed by atoms with Crippen LogP contribution in [0.5, 0.6) is 0 Å². The first-order valence-corrected chi connectivity index (χ1v) is 12.7. The van der Waals surface area contributed by atoms with Gasteiger partial charge in [-0.2, -0.15) is 5.10 Å². The molecule has 6 rings (SSSR count). The number of para-hydroxylation sites is 2. The number of rotatable bonds is 5. The van der Waals surface area contributed by atoms with Crippen molar-refractivity contribution in [1.82, 2.24) is 30.0 Å². The minimum Gasteiger partial charge on any atom is -0.388 e. The third-order valence-corrected chi connectivity index (χ3v) is 7.45. The lowest BCUT2D eigenvalue weighted by molar-refractivity contribution is -0.0207. The first kappa shape index (κ1) is 23.4. The number of nitrogens with zero attached hydrogens (tertiary/aromatic N) is 4. The zero-order valence-corrected chi connectivity index (χ0v) is 21.0. The van der Waals surface area contributed by atoms with Gasteiger partial charge in [0.1, 0.15) is 11.5 Å². The average Bonchev–Trinajstić information content (AvgIpc) is 3.44. The summed E-state index contributed by atoms with van der Waals surface area (Å²) in [5, 5.41) is 23.2. The number of benzene rings is 2. The Bertz CT molecular complexity index is 1620. The Morgan fingerprint density at radius 3 is 2.92 bits per heavy atom. The number of hydrogen-bond acceptors (Lipinski definition) is 5. The number of H-pyrrole nitrogens is 1. The number of imidazole rings is 1. The van der Waals surface area contributed by atoms with Crippen molar-refractivity contribution in [1.29, 1.82) is 0 Å². The van der Waals surface area contributed by atoms with Crippen molar-refractivity contribution in [3.63, 3.8) is 0 Å². The van der Waals surface area contributed by atoms with Gasteiger partial charge in [0.2, 0.25) is 0 Å². The molecule has 0 bridgehead atoms. The summed E-state index contributed by atoms with van der Waals surface area (Å²) in [5.41, 5.74) is 5.15. The normalized spacial score (nSPS) is 19.9. The Balaban J connectivity index is 1.21. The van der Waals surface area contributed by atoms with Crippen LogP contribution in [0, 0.1) is 13.8 Å². The fourth-order valence-corrected chi connectivity index (χ4v) is 5.63. The number of pyridine rings is 1. The molecule has 3 N–H and O–H groups in total. The van der Waals surface area contributed by atoms with Crippen LogP contribution in [-0.4, -0.2) is 47.4 Å². The molecule has 1 aliphatic carbocycles. The molecule has 0 saturated heterocycles. The van der Waals surface area contributed by atoms with E-state index in [1.54, 1.807) is 6.20 Å². The molecule has 2 aromatic carbocycles. The molecule has 188 valence electrons. The van der Waals surface area contributed by atoms with Crippen molar-refractivity contribution in [3.8, 4) is 11.3 Å². The lowest BCUT2D eigenvalue weighted by Gasteiger charge is -2.37. The van der Waals surface area contributed by atoms with Gasteiger partial charge in [0.05, 0.1) is 28.7 Å². The van der Waals surface area contributed by atoms with E-state index in [0.29, 0.717) is 24.9 Å². The fourth-order valence-electron chi connectivity index (χ4n) is 5.63. The molecule has 8 nitrogen and oxygen atoms in total. The van der Waals surface area contributed by atoms with E-state index in [1.807, 2.05) is 68.4 Å². The lowest BCUT2D eigenvalue weighted by Crippen LogP contribution is -2.47. The molecular weight excluding hydrogens is 464 g/mol. The van der Waals surface area contributed by atoms with Crippen LogP contribution in [-0.2, 0) is 6.54 Å². The third-order valence-electron chi connectivity index (χ3n) is 7.45. The first-order valence-electron chi connectivity index (χ1n) is 12.7. The van der Waals surface area contributed by atoms with E-state index >= 15 is 0 Å². The Labute approximate surface area is 214 Å². The highest BCUT2D eigenvalue weighted by Gasteiger charge is 2.36. The van der Waals surface area contributed by atoms with Crippen LogP contribution in [0.4, 0.5) is 0 Å². The topological polar surface area (TPSA) is 109 Å². The van der Waals surface area contributed by atoms with Crippen LogP contribution in [0.15, 0.2) is 60.8 Å². The number of aryl methyl sites for hydroxylation is 2. The summed E-state index contributed by atoms with van der Waals surface area (Å²) >= 11 is 0. The molecule has 0 spiro atoms. The predicted molar refractivity (Wildman–Crippen MR) is 143 cm³/mol. The van der Waals surface area contributed by atoms with Crippen LogP contribution in [0.25, 0.3) is 33.2 Å². The zero-order valence-electron chi connectivity index (χ0n) is 21.0. The highest BCUT2D eigenvalue weighted by molar-refractivity contribution is 6.01. The maximum Gasteiger partial charge on any atom is 0.251 e. The van der Waals surface area contributed by atoms with E-state index in [2.05, 4.69) is 30.0 Å². The summed E-state index contributed by atoms with van der Waals surface area (Å²) in [4.78, 5) is 22.2. The van der Waals surface area contributed by atoms with Gasteiger partial charge in [-0.1, -0.05) is 12.1 Å². The van der Waals surface area contributed by atoms with Crippen molar-refractivity contribution in [2.24, 2.45) is 0 Å². The van der Waals surface area contributed by atoms with Crippen LogP contribution < -0.4 is 5.32 Å². The molecule has 1 saturated carbocycles. The van der Waals surface area contributed by atoms with Crippen molar-refractivity contribution in [2.75, 3.05) is 0 Å². The molecule has 8 heteroatoms. The van der Waals surface area contributed by atoms with Gasteiger partial charge in [0.15, 0.2) is 0 Å². The van der Waals surface area contributed by atoms with E-state index in [1.165, 1.54) is 0 Å². The van der Waals surface area contributed by atoms with Crippen molar-refractivity contribution in [3.05, 3.63) is 77.9 Å². The van der Waals surface area contributed by atoms with Crippen molar-refractivity contribution < 1.29 is 9.90 Å². The largest absolute Gasteiger partial charge is 0.388 e. The van der Waals surface area contributed by atoms with Gasteiger partial charge in [-0.25, -0.2) is 4.98 Å². The Hall–Kier alpha value is -4.04. The van der Waals surface area contributed by atoms with Gasteiger partial charge >= 0.3 is 0 Å². The molecule has 1 aliphatic rings. The quantitative estimate of drug-likeness (QED) is 0.328. The maximum atomic E-state index is 13.3. The summed E-state index contributed by atoms with van der Waals surface area (Å²) in [7, 11) is 0. The minimum atomic E-state index is -0.911. The summed E-state index contributed by atoms with van der Waals surface area (Å²) in [6.45, 7) is 4.37. The number of amides is 1. The van der Waals surface area contributed by atoms with E-state index in [-0.39, 0.29) is 11.9 Å². The standard InChI is InChI=1S/C29H30N6O2/c1-18-14-20(11-13-30-18)27-23-15-21(9-10-24(23)33-34-27)28(36)32-22-6-5-12-29(37,16-22)17-35-19(2)31-25-7-3-4-8-26(25)35/h3-4,7-11,13-15,22,37H,5-6,12,16-17H2,1-2H3,(H,32,36)(H,33,34)/t22-,29-/m0/s1. The van der Waals surface area contributed by atoms with Gasteiger partial charge in [-0.15, -0.1) is 0 Å². The smallest absolute Gasteiger partial charge is 0.251 e. The summed E-state index contributed by atoms with van der Waals surface area (Å²) < 4.78 is 2.09. The van der Waals surface area contributed by atoms with Crippen molar-refractivity contribution in [2.45, 2.75) is 57.7 Å². The Morgan fingerprint density at radius 2 is 2.05 bits per heavy atom. The predicted octanol–water partition coefficient (Wildman–Crippen LogP) is 4.70. The molecule has 3 aromatic heterocycles. The number of hydrogen-bond donors (Lipinski definition) is 3. The highest BCUT2D eigenvalue weighted by atomic mass is 16.3. The molecular formula is C29H30N6O2.